The highest BCUT2D eigenvalue weighted by Gasteiger charge is 2.54. The van der Waals surface area contributed by atoms with Crippen LogP contribution >= 0.6 is 0 Å². The number of hydrogen-bond donors (Lipinski definition) is 2. The Kier molecular flexibility index (Phi) is 1.59. The summed E-state index contributed by atoms with van der Waals surface area (Å²) in [5.74, 6) is 0. The van der Waals surface area contributed by atoms with E-state index in [-0.39, 0.29) is 0 Å². The normalized spacial score (nSPS) is 40.9. The van der Waals surface area contributed by atoms with Crippen LogP contribution in [-0.2, 0) is 0 Å². The predicted molar refractivity (Wildman–Crippen MR) is 41.6 cm³/mol. The van der Waals surface area contributed by atoms with E-state index < -0.39 is 16.0 Å². The van der Waals surface area contributed by atoms with Crippen LogP contribution in [0, 0.1) is 5.21 Å². The zero-order valence-corrected chi connectivity index (χ0v) is 7.51. The lowest BCUT2D eigenvalue weighted by molar-refractivity contribution is -1.12. The van der Waals surface area contributed by atoms with Crippen LogP contribution in [-0.4, -0.2) is 27.8 Å². The van der Waals surface area contributed by atoms with Crippen LogP contribution in [0.5, 0.6) is 0 Å². The van der Waals surface area contributed by atoms with Gasteiger partial charge in [0.15, 0.2) is 5.66 Å². The molecule has 1 heterocycles. The van der Waals surface area contributed by atoms with Crippen molar-refractivity contribution < 1.29 is 10.0 Å². The van der Waals surface area contributed by atoms with E-state index in [9.17, 15) is 10.4 Å². The molecule has 0 aromatic carbocycles. The number of quaternary nitrogens is 1. The molecule has 2 N–H and O–H groups in total. The molecule has 0 aromatic heterocycles. The van der Waals surface area contributed by atoms with Gasteiger partial charge in [-0.15, -0.1) is 0 Å². The van der Waals surface area contributed by atoms with Crippen molar-refractivity contribution in [3.8, 4) is 0 Å². The SMILES string of the molecule is CC1(C)CNC(C)(C)[N+]1([O-])O. The van der Waals surface area contributed by atoms with E-state index in [1.165, 1.54) is 0 Å². The summed E-state index contributed by atoms with van der Waals surface area (Å²) in [6, 6.07) is 0. The minimum Gasteiger partial charge on any atom is -0.597 e. The largest absolute Gasteiger partial charge is 0.597 e. The maximum atomic E-state index is 11.6. The molecule has 1 saturated heterocycles. The molecule has 0 saturated carbocycles. The van der Waals surface area contributed by atoms with E-state index in [1.807, 2.05) is 0 Å². The molecule has 1 unspecified atom stereocenters. The maximum absolute atomic E-state index is 11.6. The van der Waals surface area contributed by atoms with Crippen molar-refractivity contribution in [3.05, 3.63) is 5.21 Å². The highest BCUT2D eigenvalue weighted by Crippen LogP contribution is 2.35. The van der Waals surface area contributed by atoms with E-state index in [2.05, 4.69) is 5.32 Å². The van der Waals surface area contributed by atoms with Gasteiger partial charge in [-0.3, -0.25) is 5.32 Å². The smallest absolute Gasteiger partial charge is 0.177 e. The van der Waals surface area contributed by atoms with Gasteiger partial charge in [0.05, 0.1) is 6.54 Å². The highest BCUT2D eigenvalue weighted by molar-refractivity contribution is 4.86. The molecule has 1 rings (SSSR count). The first-order chi connectivity index (χ1) is 4.71. The molecule has 0 spiro atoms. The van der Waals surface area contributed by atoms with Gasteiger partial charge in [-0.1, -0.05) is 0 Å². The molecular weight excluding hydrogens is 144 g/mol. The summed E-state index contributed by atoms with van der Waals surface area (Å²) < 4.78 is 0. The van der Waals surface area contributed by atoms with Crippen molar-refractivity contribution >= 4 is 0 Å². The van der Waals surface area contributed by atoms with Gasteiger partial charge >= 0.3 is 0 Å². The van der Waals surface area contributed by atoms with Gasteiger partial charge in [0.25, 0.3) is 0 Å². The van der Waals surface area contributed by atoms with Gasteiger partial charge in [0, 0.05) is 13.8 Å². The second kappa shape index (κ2) is 1.95. The minimum absolute atomic E-state index is 0.542. The van der Waals surface area contributed by atoms with Crippen molar-refractivity contribution in [1.82, 2.24) is 5.32 Å². The van der Waals surface area contributed by atoms with Crippen LogP contribution in [0.1, 0.15) is 27.7 Å². The molecule has 1 aliphatic heterocycles. The van der Waals surface area contributed by atoms with Gasteiger partial charge in [-0.2, -0.15) is 4.81 Å². The number of nitrogens with zero attached hydrogens (tertiary/aromatic N) is 1. The molecule has 4 nitrogen and oxygen atoms in total. The van der Waals surface area contributed by atoms with Gasteiger partial charge in [0.1, 0.15) is 5.54 Å². The van der Waals surface area contributed by atoms with E-state index in [0.717, 1.165) is 0 Å². The third kappa shape index (κ3) is 0.980. The average molecular weight is 160 g/mol. The van der Waals surface area contributed by atoms with E-state index in [4.69, 9.17) is 0 Å². The van der Waals surface area contributed by atoms with Crippen LogP contribution in [0.2, 0.25) is 0 Å². The zero-order chi connectivity index (χ0) is 8.91. The standard InChI is InChI=1S/C7H16N2O2/c1-6(2)5-8-7(3,4)9(6,10)11/h8,10H,5H2,1-4H3. The fourth-order valence-corrected chi connectivity index (χ4v) is 1.40. The molecule has 0 aromatic rings. The van der Waals surface area contributed by atoms with Crippen LogP contribution in [0.3, 0.4) is 0 Å². The number of hydrogen-bond acceptors (Lipinski definition) is 3. The third-order valence-corrected chi connectivity index (χ3v) is 2.53. The lowest BCUT2D eigenvalue weighted by Crippen LogP contribution is -2.62. The first-order valence-electron chi connectivity index (χ1n) is 3.79. The molecule has 1 fully saturated rings. The Labute approximate surface area is 66.9 Å². The lowest BCUT2D eigenvalue weighted by Gasteiger charge is -2.47. The summed E-state index contributed by atoms with van der Waals surface area (Å²) in [5, 5.41) is 24.2. The Balaban J connectivity index is 3.00. The topological polar surface area (TPSA) is 55.3 Å². The summed E-state index contributed by atoms with van der Waals surface area (Å²) in [6.45, 7) is 7.45. The van der Waals surface area contributed by atoms with E-state index in [1.54, 1.807) is 27.7 Å². The van der Waals surface area contributed by atoms with E-state index in [0.29, 0.717) is 6.54 Å². The second-order valence-electron chi connectivity index (χ2n) is 4.30. The lowest BCUT2D eigenvalue weighted by atomic mass is 10.1. The molecule has 1 aliphatic rings. The Morgan fingerprint density at radius 3 is 1.91 bits per heavy atom. The number of rotatable bonds is 0. The van der Waals surface area contributed by atoms with Crippen LogP contribution < -0.4 is 5.32 Å². The quantitative estimate of drug-likeness (QED) is 0.407. The summed E-state index contributed by atoms with van der Waals surface area (Å²) in [6.07, 6.45) is 0. The summed E-state index contributed by atoms with van der Waals surface area (Å²) >= 11 is 0. The molecular formula is C7H16N2O2. The van der Waals surface area contributed by atoms with Crippen molar-refractivity contribution in [2.75, 3.05) is 6.54 Å². The van der Waals surface area contributed by atoms with Crippen molar-refractivity contribution in [2.45, 2.75) is 38.9 Å². The number of hydroxylamine groups is 4. The monoisotopic (exact) mass is 160 g/mol. The average Bonchev–Trinajstić information content (AvgIpc) is 1.93. The molecule has 0 aliphatic carbocycles. The van der Waals surface area contributed by atoms with Crippen molar-refractivity contribution in [3.63, 3.8) is 0 Å². The van der Waals surface area contributed by atoms with Gasteiger partial charge < -0.3 is 5.21 Å². The Morgan fingerprint density at radius 1 is 1.36 bits per heavy atom. The third-order valence-electron chi connectivity index (χ3n) is 2.53. The van der Waals surface area contributed by atoms with Gasteiger partial charge in [-0.25, -0.2) is 5.21 Å². The Bertz CT molecular complexity index is 157. The van der Waals surface area contributed by atoms with Crippen LogP contribution in [0.15, 0.2) is 0 Å². The summed E-state index contributed by atoms with van der Waals surface area (Å²) in [5.41, 5.74) is -1.44. The first kappa shape index (κ1) is 8.93. The molecule has 0 bridgehead atoms. The Hall–Kier alpha value is -0.160. The maximum Gasteiger partial charge on any atom is 0.177 e. The van der Waals surface area contributed by atoms with Crippen molar-refractivity contribution in [2.24, 2.45) is 0 Å². The highest BCUT2D eigenvalue weighted by atomic mass is 16.9. The molecule has 66 valence electrons. The van der Waals surface area contributed by atoms with Crippen LogP contribution in [0.25, 0.3) is 0 Å². The van der Waals surface area contributed by atoms with Gasteiger partial charge in [-0.05, 0) is 13.8 Å². The predicted octanol–water partition coefficient (Wildman–Crippen LogP) is 0.808. The molecule has 0 radical (unpaired) electrons. The molecule has 0 amide bonds. The fraction of sp³-hybridized carbons (Fsp3) is 1.00. The van der Waals surface area contributed by atoms with Crippen LogP contribution in [0.4, 0.5) is 0 Å². The summed E-state index contributed by atoms with van der Waals surface area (Å²) in [7, 11) is 0. The minimum atomic E-state index is -1.21. The number of nitrogens with one attached hydrogen (secondary N) is 1. The molecule has 4 heteroatoms. The van der Waals surface area contributed by atoms with E-state index >= 15 is 0 Å². The Morgan fingerprint density at radius 2 is 1.82 bits per heavy atom. The first-order valence-corrected chi connectivity index (χ1v) is 3.79. The molecule has 1 atom stereocenters. The second-order valence-corrected chi connectivity index (χ2v) is 4.30. The van der Waals surface area contributed by atoms with Crippen molar-refractivity contribution in [1.29, 1.82) is 0 Å². The molecule has 11 heavy (non-hydrogen) atoms. The zero-order valence-electron chi connectivity index (χ0n) is 7.51. The fourth-order valence-electron chi connectivity index (χ4n) is 1.40. The van der Waals surface area contributed by atoms with Gasteiger partial charge in [0.2, 0.25) is 0 Å². The summed E-state index contributed by atoms with van der Waals surface area (Å²) in [4.78, 5) is -1.21.